The van der Waals surface area contributed by atoms with E-state index in [2.05, 4.69) is 191 Å². The molecule has 0 atom stereocenters. The monoisotopic (exact) mass is 672 g/mol. The maximum Gasteiger partial charge on any atom is 0.432 e. The SMILES string of the molecule is CC(C)(C)c1cc(N2c3ccc4ccccc4c3B3Oc4ccccc4-c4cc5c6ccccc6n(-c6ccccc6)c5c2c43)cc(C(C)(C)C)c1. The zero-order valence-corrected chi connectivity index (χ0v) is 30.7. The van der Waals surface area contributed by atoms with Gasteiger partial charge in [-0.3, -0.25) is 0 Å². The summed E-state index contributed by atoms with van der Waals surface area (Å²) < 4.78 is 9.73. The molecule has 7 aromatic carbocycles. The van der Waals surface area contributed by atoms with E-state index in [9.17, 15) is 0 Å². The fourth-order valence-corrected chi connectivity index (χ4v) is 8.61. The summed E-state index contributed by atoms with van der Waals surface area (Å²) in [6, 6.07) is 51.5. The van der Waals surface area contributed by atoms with Crippen molar-refractivity contribution in [1.82, 2.24) is 4.57 Å². The Morgan fingerprint density at radius 1 is 0.519 bits per heavy atom. The molecule has 2 aliphatic rings. The third kappa shape index (κ3) is 4.46. The van der Waals surface area contributed by atoms with Crippen LogP contribution in [0.3, 0.4) is 0 Å². The van der Waals surface area contributed by atoms with Gasteiger partial charge in [0.1, 0.15) is 5.75 Å². The van der Waals surface area contributed by atoms with Crippen LogP contribution in [0, 0.1) is 0 Å². The Kier molecular flexibility index (Phi) is 6.50. The smallest absolute Gasteiger partial charge is 0.432 e. The van der Waals surface area contributed by atoms with Gasteiger partial charge in [-0.25, -0.2) is 0 Å². The summed E-state index contributed by atoms with van der Waals surface area (Å²) in [5.41, 5.74) is 14.4. The van der Waals surface area contributed by atoms with E-state index in [1.54, 1.807) is 0 Å². The van der Waals surface area contributed by atoms with Crippen molar-refractivity contribution in [1.29, 1.82) is 0 Å². The van der Waals surface area contributed by atoms with Gasteiger partial charge in [-0.2, -0.15) is 0 Å². The second-order valence-electron chi connectivity index (χ2n) is 16.6. The number of rotatable bonds is 2. The largest absolute Gasteiger partial charge is 0.551 e. The minimum atomic E-state index is -0.295. The van der Waals surface area contributed by atoms with E-state index in [-0.39, 0.29) is 17.7 Å². The van der Waals surface area contributed by atoms with E-state index in [4.69, 9.17) is 4.65 Å². The number of benzene rings is 7. The van der Waals surface area contributed by atoms with Gasteiger partial charge >= 0.3 is 6.92 Å². The van der Waals surface area contributed by atoms with Gasteiger partial charge in [-0.05, 0) is 86.8 Å². The molecule has 0 N–H and O–H groups in total. The normalized spacial score (nSPS) is 13.7. The molecule has 2 aliphatic heterocycles. The molecule has 0 amide bonds. The van der Waals surface area contributed by atoms with Gasteiger partial charge in [0.2, 0.25) is 0 Å². The highest BCUT2D eigenvalue weighted by Gasteiger charge is 2.45. The molecule has 0 saturated carbocycles. The topological polar surface area (TPSA) is 17.4 Å². The first-order valence-electron chi connectivity index (χ1n) is 18.5. The summed E-state index contributed by atoms with van der Waals surface area (Å²) in [7, 11) is 0. The first kappa shape index (κ1) is 31.0. The first-order valence-corrected chi connectivity index (χ1v) is 18.5. The van der Waals surface area contributed by atoms with Crippen LogP contribution in [0.2, 0.25) is 0 Å². The van der Waals surface area contributed by atoms with Gasteiger partial charge in [0.25, 0.3) is 0 Å². The van der Waals surface area contributed by atoms with Crippen LogP contribution in [0.25, 0.3) is 49.4 Å². The quantitative estimate of drug-likeness (QED) is 0.170. The summed E-state index contributed by atoms with van der Waals surface area (Å²) in [5, 5.41) is 4.91. The van der Waals surface area contributed by atoms with E-state index in [0.717, 1.165) is 22.7 Å². The van der Waals surface area contributed by atoms with Gasteiger partial charge in [-0.15, -0.1) is 0 Å². The highest BCUT2D eigenvalue weighted by Crippen LogP contribution is 2.50. The molecule has 0 saturated heterocycles. The van der Waals surface area contributed by atoms with Crippen LogP contribution in [0.15, 0.2) is 140 Å². The molecule has 0 unspecified atom stereocenters. The van der Waals surface area contributed by atoms with Crippen LogP contribution in [0.1, 0.15) is 52.7 Å². The number of hydrogen-bond acceptors (Lipinski definition) is 2. The molecule has 252 valence electrons. The molecule has 0 bridgehead atoms. The number of para-hydroxylation sites is 3. The van der Waals surface area contributed by atoms with Crippen LogP contribution < -0.4 is 20.5 Å². The van der Waals surface area contributed by atoms with Crippen molar-refractivity contribution in [2.24, 2.45) is 0 Å². The molecular formula is C48H41BN2O. The average Bonchev–Trinajstić information content (AvgIpc) is 3.48. The van der Waals surface area contributed by atoms with Gasteiger partial charge < -0.3 is 14.1 Å². The van der Waals surface area contributed by atoms with Crippen molar-refractivity contribution in [3.05, 3.63) is 151 Å². The van der Waals surface area contributed by atoms with Gasteiger partial charge in [0, 0.05) is 44.3 Å². The predicted octanol–water partition coefficient (Wildman–Crippen LogP) is 11.5. The van der Waals surface area contributed by atoms with Crippen LogP contribution in [0.4, 0.5) is 17.1 Å². The Morgan fingerprint density at radius 3 is 1.92 bits per heavy atom. The molecule has 3 heterocycles. The summed E-state index contributed by atoms with van der Waals surface area (Å²) in [5.74, 6) is 0.925. The van der Waals surface area contributed by atoms with Crippen molar-refractivity contribution in [2.45, 2.75) is 52.4 Å². The molecule has 0 spiro atoms. The maximum absolute atomic E-state index is 7.25. The second-order valence-corrected chi connectivity index (χ2v) is 16.6. The molecule has 0 radical (unpaired) electrons. The lowest BCUT2D eigenvalue weighted by molar-refractivity contribution is 0.568. The molecule has 1 aromatic heterocycles. The molecule has 0 aliphatic carbocycles. The van der Waals surface area contributed by atoms with E-state index in [1.807, 2.05) is 0 Å². The lowest BCUT2D eigenvalue weighted by Crippen LogP contribution is -2.56. The van der Waals surface area contributed by atoms with Gasteiger partial charge in [0.15, 0.2) is 0 Å². The Bertz CT molecular complexity index is 2710. The second kappa shape index (κ2) is 10.9. The Hall–Kier alpha value is -5.74. The lowest BCUT2D eigenvalue weighted by Gasteiger charge is -2.41. The third-order valence-electron chi connectivity index (χ3n) is 11.3. The van der Waals surface area contributed by atoms with Crippen molar-refractivity contribution in [3.63, 3.8) is 0 Å². The number of anilines is 3. The van der Waals surface area contributed by atoms with Crippen molar-refractivity contribution in [2.75, 3.05) is 4.90 Å². The van der Waals surface area contributed by atoms with Crippen LogP contribution in [-0.4, -0.2) is 11.5 Å². The number of hydrogen-bond donors (Lipinski definition) is 0. The third-order valence-corrected chi connectivity index (χ3v) is 11.3. The van der Waals surface area contributed by atoms with E-state index >= 15 is 0 Å². The molecule has 3 nitrogen and oxygen atoms in total. The van der Waals surface area contributed by atoms with Crippen molar-refractivity contribution in [3.8, 4) is 22.6 Å². The highest BCUT2D eigenvalue weighted by atomic mass is 16.4. The predicted molar refractivity (Wildman–Crippen MR) is 221 cm³/mol. The zero-order valence-electron chi connectivity index (χ0n) is 30.7. The van der Waals surface area contributed by atoms with E-state index in [1.165, 1.54) is 71.6 Å². The standard InChI is InChI=1S/C48H41BN2O/c1-47(2,3)31-26-32(48(4,5)6)28-34(27-31)51-41-25-24-30-16-10-11-19-35(30)43(41)49-44-38(37-21-13-15-23-42(37)52-49)29-39-36-20-12-14-22-40(36)50(45(39)46(44)51)33-17-8-7-9-18-33/h7-29H,1-6H3. The van der Waals surface area contributed by atoms with E-state index < -0.39 is 0 Å². The minimum absolute atomic E-state index is 0.0486. The zero-order chi connectivity index (χ0) is 35.5. The number of aromatic nitrogens is 1. The number of nitrogens with zero attached hydrogens (tertiary/aromatic N) is 2. The van der Waals surface area contributed by atoms with Crippen molar-refractivity contribution >= 4 is 67.5 Å². The van der Waals surface area contributed by atoms with Crippen LogP contribution in [-0.2, 0) is 10.8 Å². The van der Waals surface area contributed by atoms with Gasteiger partial charge in [0.05, 0.1) is 16.7 Å². The average molecular weight is 673 g/mol. The summed E-state index contributed by atoms with van der Waals surface area (Å²) in [6.07, 6.45) is 0. The van der Waals surface area contributed by atoms with Gasteiger partial charge in [-0.1, -0.05) is 133 Å². The summed E-state index contributed by atoms with van der Waals surface area (Å²) in [6.45, 7) is 13.7. The fourth-order valence-electron chi connectivity index (χ4n) is 8.61. The fraction of sp³-hybridized carbons (Fsp3) is 0.167. The lowest BCUT2D eigenvalue weighted by atomic mass is 9.48. The summed E-state index contributed by atoms with van der Waals surface area (Å²) in [4.78, 5) is 2.58. The van der Waals surface area contributed by atoms with Crippen LogP contribution >= 0.6 is 0 Å². The molecule has 10 rings (SSSR count). The molecular weight excluding hydrogens is 631 g/mol. The van der Waals surface area contributed by atoms with Crippen LogP contribution in [0.5, 0.6) is 5.75 Å². The highest BCUT2D eigenvalue weighted by molar-refractivity contribution is 6.88. The molecule has 0 fully saturated rings. The molecule has 8 aromatic rings. The Balaban J connectivity index is 1.45. The summed E-state index contributed by atoms with van der Waals surface area (Å²) >= 11 is 0. The van der Waals surface area contributed by atoms with E-state index in [0.29, 0.717) is 0 Å². The molecule has 52 heavy (non-hydrogen) atoms. The number of fused-ring (bicyclic) bond motifs is 10. The Morgan fingerprint density at radius 2 is 1.17 bits per heavy atom. The Labute approximate surface area is 306 Å². The molecule has 4 heteroatoms. The van der Waals surface area contributed by atoms with Crippen molar-refractivity contribution < 1.29 is 4.65 Å². The minimum Gasteiger partial charge on any atom is -0.551 e. The first-order chi connectivity index (χ1) is 25.1. The maximum atomic E-state index is 7.25.